The van der Waals surface area contributed by atoms with E-state index in [1.807, 2.05) is 36.4 Å². The molecule has 0 spiro atoms. The van der Waals surface area contributed by atoms with Crippen molar-refractivity contribution in [2.75, 3.05) is 13.1 Å². The summed E-state index contributed by atoms with van der Waals surface area (Å²) in [7, 11) is 0. The number of rotatable bonds is 2. The van der Waals surface area contributed by atoms with Crippen LogP contribution in [0, 0.1) is 0 Å². The summed E-state index contributed by atoms with van der Waals surface area (Å²) in [5.41, 5.74) is 2.32. The van der Waals surface area contributed by atoms with Crippen molar-refractivity contribution in [1.82, 2.24) is 10.6 Å². The molecule has 2 aromatic carbocycles. The molecule has 0 radical (unpaired) electrons. The van der Waals surface area contributed by atoms with Crippen LogP contribution in [0.15, 0.2) is 60.7 Å². The van der Waals surface area contributed by atoms with Crippen LogP contribution in [-0.4, -0.2) is 25.3 Å². The SMILES string of the molecule is c1ccc([C@@H]2NC[C@@H]3O[C@H](c4ccccc4)NC[C@@H]3O2)cc1. The number of benzene rings is 2. The van der Waals surface area contributed by atoms with Gasteiger partial charge in [-0.2, -0.15) is 0 Å². The Morgan fingerprint density at radius 2 is 1.05 bits per heavy atom. The van der Waals surface area contributed by atoms with Crippen LogP contribution in [0.1, 0.15) is 23.6 Å². The summed E-state index contributed by atoms with van der Waals surface area (Å²) < 4.78 is 12.3. The topological polar surface area (TPSA) is 42.5 Å². The third-order valence-electron chi connectivity index (χ3n) is 4.25. The number of nitrogens with one attached hydrogen (secondary N) is 2. The molecule has 4 atom stereocenters. The summed E-state index contributed by atoms with van der Waals surface area (Å²) >= 11 is 0. The maximum Gasteiger partial charge on any atom is 0.134 e. The molecule has 0 saturated carbocycles. The summed E-state index contributed by atoms with van der Waals surface area (Å²) in [5.74, 6) is 0. The molecule has 114 valence electrons. The molecule has 2 aliphatic rings. The molecule has 4 heteroatoms. The van der Waals surface area contributed by atoms with Crippen LogP contribution in [0.4, 0.5) is 0 Å². The zero-order chi connectivity index (χ0) is 14.8. The van der Waals surface area contributed by atoms with Crippen molar-refractivity contribution in [3.63, 3.8) is 0 Å². The number of ether oxygens (including phenoxy) is 2. The first kappa shape index (κ1) is 13.9. The van der Waals surface area contributed by atoms with E-state index in [-0.39, 0.29) is 24.7 Å². The van der Waals surface area contributed by atoms with E-state index in [1.54, 1.807) is 0 Å². The van der Waals surface area contributed by atoms with Gasteiger partial charge in [0.15, 0.2) is 0 Å². The van der Waals surface area contributed by atoms with Gasteiger partial charge in [0.2, 0.25) is 0 Å². The number of hydrogen-bond acceptors (Lipinski definition) is 4. The summed E-state index contributed by atoms with van der Waals surface area (Å²) in [5, 5.41) is 6.86. The molecule has 22 heavy (non-hydrogen) atoms. The maximum absolute atomic E-state index is 6.16. The van der Waals surface area contributed by atoms with E-state index in [4.69, 9.17) is 9.47 Å². The van der Waals surface area contributed by atoms with Crippen LogP contribution in [-0.2, 0) is 9.47 Å². The predicted octanol–water partition coefficient (Wildman–Crippen LogP) is 2.36. The fraction of sp³-hybridized carbons (Fsp3) is 0.333. The second kappa shape index (κ2) is 6.18. The Bertz CT molecular complexity index is 549. The maximum atomic E-state index is 6.16. The number of hydrogen-bond donors (Lipinski definition) is 2. The second-order valence-corrected chi connectivity index (χ2v) is 5.75. The normalized spacial score (nSPS) is 31.5. The highest BCUT2D eigenvalue weighted by Crippen LogP contribution is 2.28. The average molecular weight is 296 g/mol. The molecule has 0 aromatic heterocycles. The molecule has 2 saturated heterocycles. The summed E-state index contributed by atoms with van der Waals surface area (Å²) in [6.45, 7) is 1.60. The predicted molar refractivity (Wildman–Crippen MR) is 84.1 cm³/mol. The molecule has 2 fully saturated rings. The van der Waals surface area contributed by atoms with Crippen molar-refractivity contribution in [3.05, 3.63) is 71.8 Å². The summed E-state index contributed by atoms with van der Waals surface area (Å²) in [6.07, 6.45) is 0.0417. The molecule has 0 amide bonds. The van der Waals surface area contributed by atoms with Gasteiger partial charge < -0.3 is 9.47 Å². The molecule has 0 bridgehead atoms. The second-order valence-electron chi connectivity index (χ2n) is 5.75. The van der Waals surface area contributed by atoms with Gasteiger partial charge in [-0.3, -0.25) is 10.6 Å². The van der Waals surface area contributed by atoms with E-state index in [9.17, 15) is 0 Å². The highest BCUT2D eigenvalue weighted by atomic mass is 16.6. The van der Waals surface area contributed by atoms with Gasteiger partial charge in [-0.1, -0.05) is 60.7 Å². The zero-order valence-electron chi connectivity index (χ0n) is 12.3. The third-order valence-corrected chi connectivity index (χ3v) is 4.25. The van der Waals surface area contributed by atoms with Crippen molar-refractivity contribution >= 4 is 0 Å². The molecule has 0 unspecified atom stereocenters. The highest BCUT2D eigenvalue weighted by molar-refractivity contribution is 5.19. The van der Waals surface area contributed by atoms with E-state index < -0.39 is 0 Å². The Hall–Kier alpha value is -1.72. The molecular weight excluding hydrogens is 276 g/mol. The van der Waals surface area contributed by atoms with Crippen molar-refractivity contribution in [2.24, 2.45) is 0 Å². The molecule has 2 aromatic rings. The monoisotopic (exact) mass is 296 g/mol. The lowest BCUT2D eigenvalue weighted by atomic mass is 10.1. The molecule has 2 heterocycles. The van der Waals surface area contributed by atoms with E-state index in [1.165, 1.54) is 0 Å². The Morgan fingerprint density at radius 1 is 0.636 bits per heavy atom. The van der Waals surface area contributed by atoms with E-state index in [2.05, 4.69) is 34.9 Å². The van der Waals surface area contributed by atoms with E-state index in [0.717, 1.165) is 24.2 Å². The van der Waals surface area contributed by atoms with Crippen LogP contribution >= 0.6 is 0 Å². The Kier molecular flexibility index (Phi) is 3.91. The van der Waals surface area contributed by atoms with Crippen molar-refractivity contribution in [2.45, 2.75) is 24.7 Å². The van der Waals surface area contributed by atoms with Gasteiger partial charge in [0.1, 0.15) is 12.5 Å². The van der Waals surface area contributed by atoms with Gasteiger partial charge in [-0.25, -0.2) is 0 Å². The quantitative estimate of drug-likeness (QED) is 0.893. The minimum Gasteiger partial charge on any atom is -0.352 e. The van der Waals surface area contributed by atoms with Crippen LogP contribution in [0.2, 0.25) is 0 Å². The van der Waals surface area contributed by atoms with Crippen LogP contribution in [0.25, 0.3) is 0 Å². The first-order valence-electron chi connectivity index (χ1n) is 7.78. The largest absolute Gasteiger partial charge is 0.352 e. The third kappa shape index (κ3) is 2.78. The molecule has 2 N–H and O–H groups in total. The Labute approximate surface area is 130 Å². The van der Waals surface area contributed by atoms with Crippen molar-refractivity contribution in [3.8, 4) is 0 Å². The van der Waals surface area contributed by atoms with E-state index in [0.29, 0.717) is 0 Å². The van der Waals surface area contributed by atoms with Crippen molar-refractivity contribution < 1.29 is 9.47 Å². The molecule has 4 nitrogen and oxygen atoms in total. The lowest BCUT2D eigenvalue weighted by Crippen LogP contribution is -2.57. The highest BCUT2D eigenvalue weighted by Gasteiger charge is 2.37. The first-order chi connectivity index (χ1) is 10.9. The standard InChI is InChI=1S/C18H20N2O2/c1-3-7-13(8-4-1)17-19-11-16-15(21-17)12-20-18(22-16)14-9-5-2-6-10-14/h1-10,15-20H,11-12H2/t15-,16-,17+,18+/m0/s1. The molecule has 2 aliphatic heterocycles. The fourth-order valence-corrected chi connectivity index (χ4v) is 3.08. The van der Waals surface area contributed by atoms with Gasteiger partial charge in [0.25, 0.3) is 0 Å². The Morgan fingerprint density at radius 3 is 1.45 bits per heavy atom. The van der Waals surface area contributed by atoms with Gasteiger partial charge in [-0.05, 0) is 11.1 Å². The summed E-state index contributed by atoms with van der Waals surface area (Å²) in [4.78, 5) is 0. The van der Waals surface area contributed by atoms with Crippen LogP contribution < -0.4 is 10.6 Å². The summed E-state index contributed by atoms with van der Waals surface area (Å²) in [6, 6.07) is 20.5. The average Bonchev–Trinajstić information content (AvgIpc) is 2.62. The van der Waals surface area contributed by atoms with E-state index >= 15 is 0 Å². The minimum atomic E-state index is -0.0545. The smallest absolute Gasteiger partial charge is 0.134 e. The molecule has 4 rings (SSSR count). The zero-order valence-corrected chi connectivity index (χ0v) is 12.3. The van der Waals surface area contributed by atoms with Crippen LogP contribution in [0.5, 0.6) is 0 Å². The van der Waals surface area contributed by atoms with Crippen LogP contribution in [0.3, 0.4) is 0 Å². The van der Waals surface area contributed by atoms with Gasteiger partial charge >= 0.3 is 0 Å². The first-order valence-corrected chi connectivity index (χ1v) is 7.78. The van der Waals surface area contributed by atoms with Gasteiger partial charge in [0.05, 0.1) is 12.2 Å². The van der Waals surface area contributed by atoms with Gasteiger partial charge in [0, 0.05) is 13.1 Å². The molecule has 0 aliphatic carbocycles. The fourth-order valence-electron chi connectivity index (χ4n) is 3.08. The number of fused-ring (bicyclic) bond motifs is 1. The van der Waals surface area contributed by atoms with Crippen molar-refractivity contribution in [1.29, 1.82) is 0 Å². The van der Waals surface area contributed by atoms with Gasteiger partial charge in [-0.15, -0.1) is 0 Å². The Balaban J connectivity index is 1.43. The molecular formula is C18H20N2O2. The lowest BCUT2D eigenvalue weighted by Gasteiger charge is -2.43. The minimum absolute atomic E-state index is 0.0545. The lowest BCUT2D eigenvalue weighted by molar-refractivity contribution is -0.194.